The van der Waals surface area contributed by atoms with Crippen molar-refractivity contribution in [2.45, 2.75) is 0 Å². The van der Waals surface area contributed by atoms with Gasteiger partial charge in [0.05, 0.1) is 0 Å². The van der Waals surface area contributed by atoms with Crippen molar-refractivity contribution in [1.82, 2.24) is 7.10 Å². The number of benzene rings is 6. The summed E-state index contributed by atoms with van der Waals surface area (Å²) >= 11 is -2.79. The number of aliphatic imine (C=N–C) groups is 4. The Morgan fingerprint density at radius 2 is 0.800 bits per heavy atom. The summed E-state index contributed by atoms with van der Waals surface area (Å²) in [6.07, 6.45) is 0. The van der Waals surface area contributed by atoms with Gasteiger partial charge >= 0.3 is 13.7 Å². The van der Waals surface area contributed by atoms with Crippen LogP contribution in [0.5, 0.6) is 0 Å². The minimum Gasteiger partial charge on any atom is -0.370 e. The Hall–Kier alpha value is -5.98. The summed E-state index contributed by atoms with van der Waals surface area (Å²) in [6, 6.07) is 41.9. The number of halogens is 1. The number of aromatic nitrogens is 2. The van der Waals surface area contributed by atoms with E-state index < -0.39 is 13.7 Å². The van der Waals surface area contributed by atoms with Crippen LogP contribution in [0.1, 0.15) is 22.3 Å². The molecular formula is C40H20AlClN8. The van der Waals surface area contributed by atoms with Crippen molar-refractivity contribution in [3.05, 3.63) is 155 Å². The van der Waals surface area contributed by atoms with Crippen molar-refractivity contribution in [3.8, 4) is 0 Å². The molecule has 0 aliphatic carbocycles. The molecule has 12 rings (SSSR count). The fourth-order valence-electron chi connectivity index (χ4n) is 7.86. The zero-order valence-corrected chi connectivity index (χ0v) is 28.0. The Kier molecular flexibility index (Phi) is 5.16. The molecule has 0 fully saturated rings. The van der Waals surface area contributed by atoms with Crippen molar-refractivity contribution >= 4 is 102 Å². The maximum atomic E-state index is 7.90. The molecule has 0 saturated carbocycles. The van der Waals surface area contributed by atoms with Crippen molar-refractivity contribution < 1.29 is 0 Å². The van der Waals surface area contributed by atoms with Gasteiger partial charge in [0.15, 0.2) is 23.3 Å². The molecule has 0 atom stereocenters. The third-order valence-electron chi connectivity index (χ3n) is 10.2. The molecule has 4 aliphatic rings. The monoisotopic (exact) mass is 674 g/mol. The number of amidine groups is 4. The molecule has 0 unspecified atom stereocenters. The molecule has 50 heavy (non-hydrogen) atoms. The van der Waals surface area contributed by atoms with Gasteiger partial charge in [-0.15, -0.1) is 0 Å². The second kappa shape index (κ2) is 9.59. The summed E-state index contributed by atoms with van der Waals surface area (Å²) in [7, 11) is 7.90. The van der Waals surface area contributed by atoms with E-state index in [1.807, 2.05) is 36.4 Å². The van der Waals surface area contributed by atoms with Crippen LogP contribution < -0.4 is 11.0 Å². The molecule has 8 nitrogen and oxygen atoms in total. The van der Waals surface area contributed by atoms with Crippen LogP contribution in [0.4, 0.5) is 11.6 Å². The predicted octanol–water partition coefficient (Wildman–Crippen LogP) is 7.47. The first kappa shape index (κ1) is 26.9. The lowest BCUT2D eigenvalue weighted by molar-refractivity contribution is 0.983. The minimum atomic E-state index is -2.79. The van der Waals surface area contributed by atoms with Gasteiger partial charge in [0, 0.05) is 43.8 Å². The van der Waals surface area contributed by atoms with Crippen molar-refractivity contribution in [3.63, 3.8) is 0 Å². The highest BCUT2D eigenvalue weighted by molar-refractivity contribution is 7.05. The number of fused-ring (bicyclic) bond motifs is 16. The van der Waals surface area contributed by atoms with Crippen LogP contribution >= 0.6 is 10.0 Å². The van der Waals surface area contributed by atoms with Gasteiger partial charge in [0.25, 0.3) is 0 Å². The number of rotatable bonds is 0. The third kappa shape index (κ3) is 3.51. The molecule has 6 heterocycles. The average Bonchev–Trinajstić information content (AvgIpc) is 3.85. The highest BCUT2D eigenvalue weighted by atomic mass is 35.6. The Bertz CT molecular complexity index is 3180. The lowest BCUT2D eigenvalue weighted by atomic mass is 9.98. The quantitative estimate of drug-likeness (QED) is 0.118. The Balaban J connectivity index is 1.30. The van der Waals surface area contributed by atoms with E-state index in [2.05, 4.69) is 92.0 Å². The maximum absolute atomic E-state index is 7.90. The van der Waals surface area contributed by atoms with E-state index in [-0.39, 0.29) is 0 Å². The molecule has 4 aliphatic heterocycles. The van der Waals surface area contributed by atoms with Gasteiger partial charge in [-0.2, -0.15) is 10.0 Å². The molecular weight excluding hydrogens is 655 g/mol. The van der Waals surface area contributed by atoms with Gasteiger partial charge in [-0.3, -0.25) is 0 Å². The second-order valence-corrected chi connectivity index (χ2v) is 15.7. The van der Waals surface area contributed by atoms with Crippen LogP contribution in [0.25, 0.3) is 43.1 Å². The van der Waals surface area contributed by atoms with E-state index in [1.165, 1.54) is 10.8 Å². The summed E-state index contributed by atoms with van der Waals surface area (Å²) in [5.74, 6) is 3.83. The zero-order valence-electron chi connectivity index (χ0n) is 26.1. The van der Waals surface area contributed by atoms with Crippen LogP contribution in [0.15, 0.2) is 151 Å². The topological polar surface area (TPSA) is 84.0 Å². The lowest BCUT2D eigenvalue weighted by Gasteiger charge is -2.15. The maximum Gasteiger partial charge on any atom is 0.722 e. The summed E-state index contributed by atoms with van der Waals surface area (Å²) in [5, 5.41) is 8.38. The molecule has 0 amide bonds. The van der Waals surface area contributed by atoms with E-state index in [4.69, 9.17) is 40.0 Å². The first-order chi connectivity index (χ1) is 24.7. The molecule has 0 saturated heterocycles. The van der Waals surface area contributed by atoms with E-state index in [9.17, 15) is 0 Å². The molecule has 0 N–H and O–H groups in total. The molecule has 0 spiro atoms. The fraction of sp³-hybridized carbons (Fsp3) is 0. The number of hydrogen-bond donors (Lipinski definition) is 0. The minimum absolute atomic E-state index is 0.600. The lowest BCUT2D eigenvalue weighted by Crippen LogP contribution is -2.43. The normalized spacial score (nSPS) is 15.3. The van der Waals surface area contributed by atoms with Crippen molar-refractivity contribution in [1.29, 1.82) is 0 Å². The van der Waals surface area contributed by atoms with Crippen LogP contribution in [-0.4, -0.2) is 44.1 Å². The Labute approximate surface area is 292 Å². The first-order valence-corrected chi connectivity index (χ1v) is 19.2. The first-order valence-electron chi connectivity index (χ1n) is 16.4. The van der Waals surface area contributed by atoms with Gasteiger partial charge in [0.1, 0.15) is 22.6 Å². The molecule has 0 radical (unpaired) electrons. The molecule has 230 valence electrons. The number of nitrogens with zero attached hydrogens (tertiary/aromatic N) is 8. The third-order valence-corrected chi connectivity index (χ3v) is 13.2. The van der Waals surface area contributed by atoms with Crippen LogP contribution in [0.2, 0.25) is 0 Å². The van der Waals surface area contributed by atoms with Gasteiger partial charge in [0.2, 0.25) is 0 Å². The number of hydrogen-bond acceptors (Lipinski definition) is 6. The van der Waals surface area contributed by atoms with Gasteiger partial charge in [-0.25, -0.2) is 30.0 Å². The molecule has 6 bridgehead atoms. The summed E-state index contributed by atoms with van der Waals surface area (Å²) < 4.78 is 4.25. The summed E-state index contributed by atoms with van der Waals surface area (Å²) in [4.78, 5) is 31.6. The molecule has 8 aromatic rings. The summed E-state index contributed by atoms with van der Waals surface area (Å²) in [6.45, 7) is 0. The smallest absolute Gasteiger partial charge is 0.370 e. The average molecular weight is 675 g/mol. The van der Waals surface area contributed by atoms with E-state index in [0.29, 0.717) is 46.0 Å². The molecule has 2 aromatic heterocycles. The van der Waals surface area contributed by atoms with Crippen LogP contribution in [-0.2, 0) is 0 Å². The van der Waals surface area contributed by atoms with Gasteiger partial charge < -0.3 is 7.10 Å². The van der Waals surface area contributed by atoms with Crippen LogP contribution in [0, 0.1) is 0 Å². The SMILES string of the molecule is [Cl][Al]1[n]2c3c4ccccc4c2N=C2N=C(N=c4c5ccccc5c([n]41)=NC1=NC(=N3)c3ccccc31)c1cc3cc4ccccc4cc3cc12. The van der Waals surface area contributed by atoms with E-state index >= 15 is 0 Å². The Morgan fingerprint density at radius 1 is 0.380 bits per heavy atom. The van der Waals surface area contributed by atoms with Gasteiger partial charge in [-0.1, -0.05) is 97.1 Å². The fourth-order valence-corrected chi connectivity index (χ4v) is 10.8. The van der Waals surface area contributed by atoms with Crippen molar-refractivity contribution in [2.24, 2.45) is 30.0 Å². The molecule has 6 aromatic carbocycles. The predicted molar refractivity (Wildman–Crippen MR) is 202 cm³/mol. The zero-order chi connectivity index (χ0) is 32.7. The highest BCUT2D eigenvalue weighted by Crippen LogP contribution is 2.42. The van der Waals surface area contributed by atoms with Crippen molar-refractivity contribution in [2.75, 3.05) is 0 Å². The molecule has 10 heteroatoms. The standard InChI is InChI=1S/C40H20N8.Al.ClH/c1-2-10-22-18-24-20-32-31(19-23(24)17-21(22)9-1)39-46-37-29-15-7-5-13-27(29)35(44-37)42-33-25-11-3-4-12-26(25)34(41-33)43-36-28-14-6-8-16-30(28)38(45-36)47-40(32)48-39;;/h1-20H;;1H/q-2;+3;/p-1. The Morgan fingerprint density at radius 3 is 1.34 bits per heavy atom. The highest BCUT2D eigenvalue weighted by Gasteiger charge is 2.38. The largest absolute Gasteiger partial charge is 0.722 e. The second-order valence-electron chi connectivity index (χ2n) is 12.9. The van der Waals surface area contributed by atoms with E-state index in [1.54, 1.807) is 0 Å². The van der Waals surface area contributed by atoms with E-state index in [0.717, 1.165) is 54.6 Å². The van der Waals surface area contributed by atoms with Crippen LogP contribution in [0.3, 0.4) is 0 Å². The summed E-state index contributed by atoms with van der Waals surface area (Å²) in [5.41, 5.74) is 5.15. The van der Waals surface area contributed by atoms with Gasteiger partial charge in [-0.05, 0) is 45.8 Å².